The van der Waals surface area contributed by atoms with Crippen LogP contribution in [0.15, 0.2) is 58.2 Å². The zero-order chi connectivity index (χ0) is 13.9. The lowest BCUT2D eigenvalue weighted by molar-refractivity contribution is -0.112. The van der Waals surface area contributed by atoms with Gasteiger partial charge in [0.25, 0.3) is 5.91 Å². The van der Waals surface area contributed by atoms with Crippen LogP contribution in [-0.2, 0) is 4.79 Å². The highest BCUT2D eigenvalue weighted by atomic mass is 16.1. The Morgan fingerprint density at radius 2 is 2.05 bits per heavy atom. The first-order valence-corrected chi connectivity index (χ1v) is 6.76. The monoisotopic (exact) mass is 262 g/mol. The topological polar surface area (TPSA) is 42.0 Å². The minimum Gasteiger partial charge on any atom is -0.320 e. The molecule has 1 amide bonds. The van der Waals surface area contributed by atoms with Gasteiger partial charge in [0, 0.05) is 11.3 Å². The van der Waals surface area contributed by atoms with Crippen molar-refractivity contribution in [3.05, 3.63) is 69.6 Å². The lowest BCUT2D eigenvalue weighted by atomic mass is 10.1. The summed E-state index contributed by atoms with van der Waals surface area (Å²) in [5.74, 6) is -0.0567. The number of anilines is 1. The molecule has 1 heterocycles. The van der Waals surface area contributed by atoms with Crippen LogP contribution in [0.1, 0.15) is 17.8 Å². The Morgan fingerprint density at radius 3 is 2.85 bits per heavy atom. The molecular formula is C17H14N2O. The smallest absolute Gasteiger partial charge is 0.256 e. The van der Waals surface area contributed by atoms with Gasteiger partial charge in [-0.2, -0.15) is 0 Å². The molecule has 0 atom stereocenters. The summed E-state index contributed by atoms with van der Waals surface area (Å²) in [6, 6.07) is 3.81. The van der Waals surface area contributed by atoms with E-state index < -0.39 is 0 Å². The number of nitrogens with zero attached hydrogens (tertiary/aromatic N) is 1. The average molecular weight is 262 g/mol. The van der Waals surface area contributed by atoms with Crippen molar-refractivity contribution in [3.63, 3.8) is 0 Å². The van der Waals surface area contributed by atoms with Gasteiger partial charge in [-0.15, -0.1) is 0 Å². The maximum atomic E-state index is 12.4. The Bertz CT molecular complexity index is 791. The van der Waals surface area contributed by atoms with E-state index in [1.165, 1.54) is 16.7 Å². The van der Waals surface area contributed by atoms with Crippen LogP contribution in [0.3, 0.4) is 0 Å². The zero-order valence-electron chi connectivity index (χ0n) is 11.4. The van der Waals surface area contributed by atoms with E-state index in [0.29, 0.717) is 0 Å². The fraction of sp³-hybridized carbons (Fsp3) is 0.176. The van der Waals surface area contributed by atoms with Gasteiger partial charge in [0.05, 0.1) is 11.4 Å². The predicted molar refractivity (Wildman–Crippen MR) is 78.2 cm³/mol. The van der Waals surface area contributed by atoms with E-state index in [1.54, 1.807) is 0 Å². The lowest BCUT2D eigenvalue weighted by Crippen LogP contribution is -2.15. The number of hydrogen-bond acceptors (Lipinski definition) is 2. The molecule has 1 aromatic rings. The summed E-state index contributed by atoms with van der Waals surface area (Å²) in [4.78, 5) is 16.8. The molecule has 0 spiro atoms. The highest BCUT2D eigenvalue weighted by Gasteiger charge is 2.35. The third kappa shape index (κ3) is 1.59. The van der Waals surface area contributed by atoms with E-state index >= 15 is 0 Å². The quantitative estimate of drug-likeness (QED) is 0.889. The molecule has 1 N–H and O–H groups in total. The number of fused-ring (bicyclic) bond motifs is 2. The number of pyridine rings is 1. The van der Waals surface area contributed by atoms with Crippen molar-refractivity contribution < 1.29 is 4.79 Å². The number of aryl methyl sites for hydroxylation is 2. The molecule has 98 valence electrons. The Balaban J connectivity index is 1.64. The van der Waals surface area contributed by atoms with Crippen molar-refractivity contribution in [3.8, 4) is 0 Å². The number of carbonyl (C=O) groups excluding carboxylic acids is 1. The molecular weight excluding hydrogens is 248 g/mol. The molecule has 1 saturated carbocycles. The van der Waals surface area contributed by atoms with E-state index in [-0.39, 0.29) is 5.91 Å². The highest BCUT2D eigenvalue weighted by molar-refractivity contribution is 6.09. The first-order valence-electron chi connectivity index (χ1n) is 6.76. The number of hydrogen-bond donors (Lipinski definition) is 1. The van der Waals surface area contributed by atoms with E-state index in [9.17, 15) is 4.79 Å². The van der Waals surface area contributed by atoms with Gasteiger partial charge < -0.3 is 5.32 Å². The van der Waals surface area contributed by atoms with Crippen LogP contribution in [0, 0.1) is 13.8 Å². The number of amides is 1. The molecule has 1 aromatic heterocycles. The van der Waals surface area contributed by atoms with E-state index in [0.717, 1.165) is 34.6 Å². The summed E-state index contributed by atoms with van der Waals surface area (Å²) in [6.45, 7) is 3.85. The van der Waals surface area contributed by atoms with E-state index in [1.807, 2.05) is 32.1 Å². The molecule has 0 saturated heterocycles. The molecule has 0 aromatic carbocycles. The minimum atomic E-state index is -0.0567. The maximum absolute atomic E-state index is 12.4. The van der Waals surface area contributed by atoms with E-state index in [4.69, 9.17) is 0 Å². The van der Waals surface area contributed by atoms with Crippen LogP contribution in [0.2, 0.25) is 0 Å². The second kappa shape index (κ2) is 3.79. The zero-order valence-corrected chi connectivity index (χ0v) is 11.4. The van der Waals surface area contributed by atoms with Gasteiger partial charge in [-0.3, -0.25) is 9.78 Å². The van der Waals surface area contributed by atoms with Gasteiger partial charge >= 0.3 is 0 Å². The summed E-state index contributed by atoms with van der Waals surface area (Å²) in [5, 5.41) is 2.96. The molecule has 3 nitrogen and oxygen atoms in total. The SMILES string of the molecule is Cc1ccc(NC(=O)C2=C3C=C4CC4=C3C=C2)c(C)n1. The number of nitrogens with one attached hydrogen (secondary N) is 1. The molecule has 1 fully saturated rings. The Labute approximate surface area is 117 Å². The van der Waals surface area contributed by atoms with Crippen LogP contribution in [0.5, 0.6) is 0 Å². The molecule has 3 aliphatic rings. The average Bonchev–Trinajstić information content (AvgIpc) is 2.89. The fourth-order valence-corrected chi connectivity index (χ4v) is 2.84. The first-order chi connectivity index (χ1) is 9.63. The van der Waals surface area contributed by atoms with Gasteiger partial charge in [0.1, 0.15) is 0 Å². The van der Waals surface area contributed by atoms with Crippen molar-refractivity contribution in [2.45, 2.75) is 20.3 Å². The normalized spacial score (nSPS) is 18.2. The summed E-state index contributed by atoms with van der Waals surface area (Å²) in [7, 11) is 0. The van der Waals surface area contributed by atoms with E-state index in [2.05, 4.69) is 22.5 Å². The molecule has 0 radical (unpaired) electrons. The van der Waals surface area contributed by atoms with Crippen LogP contribution in [-0.4, -0.2) is 10.9 Å². The molecule has 20 heavy (non-hydrogen) atoms. The number of rotatable bonds is 2. The molecule has 3 aliphatic carbocycles. The van der Waals surface area contributed by atoms with Gasteiger partial charge in [-0.25, -0.2) is 0 Å². The Hall–Kier alpha value is -2.42. The van der Waals surface area contributed by atoms with Crippen LogP contribution >= 0.6 is 0 Å². The first kappa shape index (κ1) is 11.4. The fourth-order valence-electron chi connectivity index (χ4n) is 2.84. The Kier molecular flexibility index (Phi) is 2.16. The largest absolute Gasteiger partial charge is 0.320 e. The lowest BCUT2D eigenvalue weighted by Gasteiger charge is -2.09. The second-order valence-corrected chi connectivity index (χ2v) is 5.44. The molecule has 4 rings (SSSR count). The third-order valence-corrected chi connectivity index (χ3v) is 3.99. The Morgan fingerprint density at radius 1 is 1.20 bits per heavy atom. The van der Waals surface area contributed by atoms with Crippen molar-refractivity contribution in [2.24, 2.45) is 0 Å². The number of aromatic nitrogens is 1. The summed E-state index contributed by atoms with van der Waals surface area (Å²) < 4.78 is 0. The maximum Gasteiger partial charge on any atom is 0.256 e. The highest BCUT2D eigenvalue weighted by Crippen LogP contribution is 2.51. The minimum absolute atomic E-state index is 0.0567. The van der Waals surface area contributed by atoms with Gasteiger partial charge in [0.2, 0.25) is 0 Å². The van der Waals surface area contributed by atoms with Crippen LogP contribution < -0.4 is 5.32 Å². The molecule has 3 heteroatoms. The molecule has 0 aliphatic heterocycles. The third-order valence-electron chi connectivity index (χ3n) is 3.99. The van der Waals surface area contributed by atoms with Crippen molar-refractivity contribution in [1.29, 1.82) is 0 Å². The second-order valence-electron chi connectivity index (χ2n) is 5.44. The summed E-state index contributed by atoms with van der Waals surface area (Å²) >= 11 is 0. The van der Waals surface area contributed by atoms with Crippen LogP contribution in [0.4, 0.5) is 5.69 Å². The van der Waals surface area contributed by atoms with Crippen molar-refractivity contribution in [2.75, 3.05) is 5.32 Å². The van der Waals surface area contributed by atoms with Gasteiger partial charge in [0.15, 0.2) is 0 Å². The van der Waals surface area contributed by atoms with Crippen molar-refractivity contribution in [1.82, 2.24) is 4.98 Å². The molecule has 0 bridgehead atoms. The molecule has 0 unspecified atom stereocenters. The standard InChI is InChI=1S/C17H14N2O/c1-9-3-6-16(10(2)18-9)19-17(20)13-5-4-12-14-7-11(14)8-15(12)13/h3-6,8H,7H2,1-2H3,(H,19,20). The van der Waals surface area contributed by atoms with Gasteiger partial charge in [-0.1, -0.05) is 6.08 Å². The van der Waals surface area contributed by atoms with Gasteiger partial charge in [-0.05, 0) is 66.8 Å². The number of allylic oxidation sites excluding steroid dienone is 6. The summed E-state index contributed by atoms with van der Waals surface area (Å²) in [5.41, 5.74) is 8.45. The predicted octanol–water partition coefficient (Wildman–Crippen LogP) is 3.14. The summed E-state index contributed by atoms with van der Waals surface area (Å²) in [6.07, 6.45) is 7.20. The number of carbonyl (C=O) groups is 1. The van der Waals surface area contributed by atoms with Crippen molar-refractivity contribution >= 4 is 11.6 Å². The van der Waals surface area contributed by atoms with Crippen LogP contribution in [0.25, 0.3) is 0 Å².